The number of aromatic nitrogens is 1. The van der Waals surface area contributed by atoms with E-state index in [2.05, 4.69) is 26.2 Å². The topological polar surface area (TPSA) is 91.7 Å². The number of carbonyl (C=O) groups excluding carboxylic acids is 1. The van der Waals surface area contributed by atoms with Gasteiger partial charge >= 0.3 is 6.09 Å². The van der Waals surface area contributed by atoms with Crippen LogP contribution in [0.5, 0.6) is 0 Å². The molecule has 0 spiro atoms. The van der Waals surface area contributed by atoms with Crippen molar-refractivity contribution in [3.63, 3.8) is 0 Å². The number of aliphatic hydroxyl groups excluding tert-OH is 2. The van der Waals surface area contributed by atoms with Gasteiger partial charge in [-0.3, -0.25) is 0 Å². The first-order valence-electron chi connectivity index (χ1n) is 6.99. The molecule has 2 aromatic rings. The van der Waals surface area contributed by atoms with Crippen LogP contribution in [0.1, 0.15) is 17.2 Å². The maximum atomic E-state index is 11.6. The van der Waals surface area contributed by atoms with Crippen molar-refractivity contribution in [2.45, 2.75) is 18.8 Å². The average Bonchev–Trinajstić information content (AvgIpc) is 2.58. The average molecular weight is 381 g/mol. The van der Waals surface area contributed by atoms with Crippen LogP contribution in [0.25, 0.3) is 0 Å². The van der Waals surface area contributed by atoms with Gasteiger partial charge in [0.15, 0.2) is 0 Å². The van der Waals surface area contributed by atoms with Crippen molar-refractivity contribution in [3.8, 4) is 0 Å². The number of hydrogen-bond donors (Lipinski definition) is 3. The molecule has 0 aliphatic rings. The minimum Gasteiger partial charge on any atom is -0.445 e. The summed E-state index contributed by atoms with van der Waals surface area (Å²) < 4.78 is 5.47. The zero-order valence-corrected chi connectivity index (χ0v) is 13.8. The Hall–Kier alpha value is -1.96. The van der Waals surface area contributed by atoms with Gasteiger partial charge in [0.25, 0.3) is 0 Å². The Morgan fingerprint density at radius 2 is 1.96 bits per heavy atom. The zero-order chi connectivity index (χ0) is 16.7. The summed E-state index contributed by atoms with van der Waals surface area (Å²) in [6.45, 7) is -0.00437. The second-order valence-corrected chi connectivity index (χ2v) is 5.59. The first-order valence-corrected chi connectivity index (χ1v) is 7.78. The molecule has 1 heterocycles. The first kappa shape index (κ1) is 17.4. The lowest BCUT2D eigenvalue weighted by Gasteiger charge is -2.19. The maximum Gasteiger partial charge on any atom is 0.407 e. The second-order valence-electron chi connectivity index (χ2n) is 4.84. The van der Waals surface area contributed by atoms with E-state index in [1.54, 1.807) is 18.3 Å². The van der Waals surface area contributed by atoms with Gasteiger partial charge in [0, 0.05) is 18.3 Å². The molecule has 0 bridgehead atoms. The number of aliphatic hydroxyl groups is 2. The Morgan fingerprint density at radius 3 is 2.65 bits per heavy atom. The number of halogens is 1. The van der Waals surface area contributed by atoms with E-state index in [0.29, 0.717) is 10.2 Å². The van der Waals surface area contributed by atoms with Crippen LogP contribution in [-0.2, 0) is 11.3 Å². The summed E-state index contributed by atoms with van der Waals surface area (Å²) in [5, 5.41) is 22.5. The third kappa shape index (κ3) is 5.31. The Morgan fingerprint density at radius 1 is 1.22 bits per heavy atom. The van der Waals surface area contributed by atoms with Crippen LogP contribution in [0, 0.1) is 0 Å². The van der Waals surface area contributed by atoms with Gasteiger partial charge in [0.1, 0.15) is 23.4 Å². The molecule has 7 heteroatoms. The van der Waals surface area contributed by atoms with Gasteiger partial charge in [-0.25, -0.2) is 9.78 Å². The number of pyridine rings is 1. The highest BCUT2D eigenvalue weighted by atomic mass is 79.9. The molecule has 0 aliphatic heterocycles. The van der Waals surface area contributed by atoms with Gasteiger partial charge in [0.2, 0.25) is 0 Å². The Labute approximate surface area is 142 Å². The highest BCUT2D eigenvalue weighted by Crippen LogP contribution is 2.23. The van der Waals surface area contributed by atoms with E-state index >= 15 is 0 Å². The number of ether oxygens (including phenoxy) is 1. The molecule has 1 amide bonds. The van der Waals surface area contributed by atoms with Crippen LogP contribution in [0.15, 0.2) is 53.3 Å². The molecular weight excluding hydrogens is 364 g/mol. The molecule has 0 radical (unpaired) electrons. The lowest BCUT2D eigenvalue weighted by molar-refractivity contribution is 0.0177. The molecule has 2 atom stereocenters. The predicted molar refractivity (Wildman–Crippen MR) is 87.5 cm³/mol. The minimum absolute atomic E-state index is 0.138. The summed E-state index contributed by atoms with van der Waals surface area (Å²) in [5.74, 6) is 0. The van der Waals surface area contributed by atoms with Crippen molar-refractivity contribution in [1.29, 1.82) is 0 Å². The highest BCUT2D eigenvalue weighted by molar-refractivity contribution is 9.10. The molecule has 0 saturated carbocycles. The van der Waals surface area contributed by atoms with Crippen molar-refractivity contribution in [1.82, 2.24) is 10.3 Å². The Balaban J connectivity index is 1.78. The second kappa shape index (κ2) is 8.61. The predicted octanol–water partition coefficient (Wildman–Crippen LogP) is 2.16. The van der Waals surface area contributed by atoms with Gasteiger partial charge in [-0.1, -0.05) is 36.4 Å². The lowest BCUT2D eigenvalue weighted by Crippen LogP contribution is -2.35. The number of nitrogens with one attached hydrogen (secondary N) is 1. The van der Waals surface area contributed by atoms with Crippen LogP contribution < -0.4 is 5.32 Å². The standard InChI is InChI=1S/C16H17BrN2O4/c17-15-12(7-4-8-18-15)14(21)13(20)9-19-16(22)23-10-11-5-2-1-3-6-11/h1-8,13-14,20-21H,9-10H2,(H,19,22). The van der Waals surface area contributed by atoms with Crippen LogP contribution in [0.4, 0.5) is 4.79 Å². The van der Waals surface area contributed by atoms with Gasteiger partial charge < -0.3 is 20.3 Å². The monoisotopic (exact) mass is 380 g/mol. The highest BCUT2D eigenvalue weighted by Gasteiger charge is 2.21. The van der Waals surface area contributed by atoms with Gasteiger partial charge in [-0.2, -0.15) is 0 Å². The van der Waals surface area contributed by atoms with E-state index in [4.69, 9.17) is 4.74 Å². The van der Waals surface area contributed by atoms with Gasteiger partial charge in [-0.15, -0.1) is 0 Å². The molecule has 1 aromatic heterocycles. The van der Waals surface area contributed by atoms with Crippen molar-refractivity contribution in [2.75, 3.05) is 6.54 Å². The van der Waals surface area contributed by atoms with Crippen LogP contribution in [0.2, 0.25) is 0 Å². The van der Waals surface area contributed by atoms with E-state index in [1.165, 1.54) is 0 Å². The number of carbonyl (C=O) groups is 1. The third-order valence-electron chi connectivity index (χ3n) is 3.14. The fourth-order valence-electron chi connectivity index (χ4n) is 1.90. The van der Waals surface area contributed by atoms with E-state index < -0.39 is 18.3 Å². The fraction of sp³-hybridized carbons (Fsp3) is 0.250. The summed E-state index contributed by atoms with van der Waals surface area (Å²) in [5.41, 5.74) is 1.31. The molecule has 0 fully saturated rings. The van der Waals surface area contributed by atoms with E-state index in [9.17, 15) is 15.0 Å². The third-order valence-corrected chi connectivity index (χ3v) is 3.80. The fourth-order valence-corrected chi connectivity index (χ4v) is 2.38. The molecule has 2 rings (SSSR count). The molecule has 23 heavy (non-hydrogen) atoms. The van der Waals surface area contributed by atoms with Crippen LogP contribution in [-0.4, -0.2) is 33.9 Å². The van der Waals surface area contributed by atoms with E-state index in [-0.39, 0.29) is 13.2 Å². The van der Waals surface area contributed by atoms with Crippen molar-refractivity contribution < 1.29 is 19.7 Å². The molecule has 0 aliphatic carbocycles. The molecule has 122 valence electrons. The number of amides is 1. The minimum atomic E-state index is -1.18. The summed E-state index contributed by atoms with van der Waals surface area (Å²) in [7, 11) is 0. The van der Waals surface area contributed by atoms with Gasteiger partial charge in [-0.05, 0) is 27.6 Å². The molecule has 3 N–H and O–H groups in total. The Kier molecular flexibility index (Phi) is 6.52. The normalized spacial score (nSPS) is 13.2. The maximum absolute atomic E-state index is 11.6. The number of rotatable bonds is 6. The SMILES string of the molecule is O=C(NCC(O)C(O)c1cccnc1Br)OCc1ccccc1. The summed E-state index contributed by atoms with van der Waals surface area (Å²) >= 11 is 3.20. The number of benzene rings is 1. The number of alkyl carbamates (subject to hydrolysis) is 1. The first-order chi connectivity index (χ1) is 11.1. The number of nitrogens with zero attached hydrogens (tertiary/aromatic N) is 1. The van der Waals surface area contributed by atoms with Gasteiger partial charge in [0.05, 0.1) is 0 Å². The van der Waals surface area contributed by atoms with E-state index in [1.807, 2.05) is 30.3 Å². The van der Waals surface area contributed by atoms with E-state index in [0.717, 1.165) is 5.56 Å². The number of hydrogen-bond acceptors (Lipinski definition) is 5. The summed E-state index contributed by atoms with van der Waals surface area (Å²) in [6, 6.07) is 12.5. The quantitative estimate of drug-likeness (QED) is 0.667. The van der Waals surface area contributed by atoms with Crippen molar-refractivity contribution in [2.24, 2.45) is 0 Å². The van der Waals surface area contributed by atoms with Crippen molar-refractivity contribution in [3.05, 3.63) is 64.4 Å². The smallest absolute Gasteiger partial charge is 0.407 e. The largest absolute Gasteiger partial charge is 0.445 e. The summed E-state index contributed by atoms with van der Waals surface area (Å²) in [4.78, 5) is 15.6. The molecular formula is C16H17BrN2O4. The van der Waals surface area contributed by atoms with Crippen molar-refractivity contribution >= 4 is 22.0 Å². The van der Waals surface area contributed by atoms with Crippen LogP contribution in [0.3, 0.4) is 0 Å². The molecule has 1 aromatic carbocycles. The lowest BCUT2D eigenvalue weighted by atomic mass is 10.1. The molecule has 6 nitrogen and oxygen atoms in total. The molecule has 0 saturated heterocycles. The molecule has 2 unspecified atom stereocenters. The Bertz CT molecular complexity index is 639. The van der Waals surface area contributed by atoms with Crippen LogP contribution >= 0.6 is 15.9 Å². The zero-order valence-electron chi connectivity index (χ0n) is 12.2. The summed E-state index contributed by atoms with van der Waals surface area (Å²) in [6.07, 6.45) is -1.45.